The van der Waals surface area contributed by atoms with Gasteiger partial charge in [0.25, 0.3) is 0 Å². The predicted molar refractivity (Wildman–Crippen MR) is 115 cm³/mol. The van der Waals surface area contributed by atoms with E-state index in [1.54, 1.807) is 24.3 Å². The van der Waals surface area contributed by atoms with Crippen molar-refractivity contribution in [1.82, 2.24) is 4.90 Å². The number of nitrogens with one attached hydrogen (secondary N) is 1. The van der Waals surface area contributed by atoms with Crippen LogP contribution < -0.4 is 5.32 Å². The van der Waals surface area contributed by atoms with Gasteiger partial charge >= 0.3 is 5.97 Å². The van der Waals surface area contributed by atoms with E-state index in [4.69, 9.17) is 11.6 Å². The molecule has 0 aliphatic carbocycles. The van der Waals surface area contributed by atoms with E-state index in [9.17, 15) is 9.59 Å². The third-order valence-corrected chi connectivity index (χ3v) is 4.31. The van der Waals surface area contributed by atoms with Crippen LogP contribution in [0.15, 0.2) is 48.5 Å². The predicted octanol–water partition coefficient (Wildman–Crippen LogP) is 4.62. The smallest absolute Gasteiger partial charge is 0.339 e. The fourth-order valence-corrected chi connectivity index (χ4v) is 2.65. The van der Waals surface area contributed by atoms with Crippen LogP contribution in [-0.2, 0) is 9.53 Å². The van der Waals surface area contributed by atoms with E-state index in [1.165, 1.54) is 0 Å². The molecule has 28 heavy (non-hydrogen) atoms. The molecule has 0 spiro atoms. The average molecular weight is 405 g/mol. The summed E-state index contributed by atoms with van der Waals surface area (Å²) in [5.41, 5.74) is 3.69. The Morgan fingerprint density at radius 2 is 1.54 bits per heavy atom. The number of carbonyl (C=O) groups is 2. The van der Waals surface area contributed by atoms with Crippen LogP contribution in [0.4, 0.5) is 5.69 Å². The van der Waals surface area contributed by atoms with Crippen molar-refractivity contribution in [1.29, 1.82) is 0 Å². The third kappa shape index (κ3) is 8.11. The number of hydrogen-bond donors (Lipinski definition) is 1. The number of nitrogens with zero attached hydrogens (tertiary/aromatic N) is 1. The first-order valence-corrected chi connectivity index (χ1v) is 9.82. The van der Waals surface area contributed by atoms with Crippen LogP contribution in [0.2, 0.25) is 0 Å². The Morgan fingerprint density at radius 1 is 0.964 bits per heavy atom. The lowest BCUT2D eigenvalue weighted by Gasteiger charge is -2.18. The van der Waals surface area contributed by atoms with Gasteiger partial charge in [0, 0.05) is 5.69 Å². The Morgan fingerprint density at radius 3 is 2.04 bits per heavy atom. The van der Waals surface area contributed by atoms with Gasteiger partial charge in [-0.15, -0.1) is 0 Å². The molecule has 152 valence electrons. The van der Waals surface area contributed by atoms with Gasteiger partial charge in [-0.05, 0) is 50.2 Å². The van der Waals surface area contributed by atoms with E-state index in [0.29, 0.717) is 12.1 Å². The van der Waals surface area contributed by atoms with Crippen LogP contribution in [0.1, 0.15) is 35.3 Å². The number of anilines is 1. The van der Waals surface area contributed by atoms with E-state index in [-0.39, 0.29) is 17.9 Å². The van der Waals surface area contributed by atoms with Crippen molar-refractivity contribution in [3.63, 3.8) is 0 Å². The number of alkyl halides is 1. The van der Waals surface area contributed by atoms with Gasteiger partial charge in [0.15, 0.2) is 6.07 Å². The van der Waals surface area contributed by atoms with E-state index < -0.39 is 0 Å². The quantitative estimate of drug-likeness (QED) is 0.540. The summed E-state index contributed by atoms with van der Waals surface area (Å²) in [5, 5.41) is 3.00. The molecule has 0 aliphatic rings. The van der Waals surface area contributed by atoms with Gasteiger partial charge in [-0.1, -0.05) is 61.8 Å². The molecule has 2 aromatic carbocycles. The third-order valence-electron chi connectivity index (χ3n) is 4.20. The highest BCUT2D eigenvalue weighted by atomic mass is 35.5. The lowest BCUT2D eigenvalue weighted by Crippen LogP contribution is -2.33. The molecule has 0 heterocycles. The van der Waals surface area contributed by atoms with Crippen molar-refractivity contribution >= 4 is 29.2 Å². The van der Waals surface area contributed by atoms with Crippen LogP contribution in [-0.4, -0.2) is 42.5 Å². The van der Waals surface area contributed by atoms with Crippen molar-refractivity contribution in [2.45, 2.75) is 27.7 Å². The zero-order valence-corrected chi connectivity index (χ0v) is 17.8. The van der Waals surface area contributed by atoms with Gasteiger partial charge in [-0.2, -0.15) is 0 Å². The normalized spacial score (nSPS) is 10.1. The lowest BCUT2D eigenvalue weighted by molar-refractivity contribution is -0.117. The summed E-state index contributed by atoms with van der Waals surface area (Å²) in [4.78, 5) is 24.9. The fraction of sp³-hybridized carbons (Fsp3) is 0.364. The molecule has 5 nitrogen and oxygen atoms in total. The van der Waals surface area contributed by atoms with Crippen LogP contribution in [0, 0.1) is 13.8 Å². The van der Waals surface area contributed by atoms with Crippen molar-refractivity contribution in [3.05, 3.63) is 65.2 Å². The molecule has 1 N–H and O–H groups in total. The number of halogens is 1. The Balaban J connectivity index is 0.000000307. The minimum Gasteiger partial charge on any atom is -0.446 e. The Hall–Kier alpha value is -2.37. The summed E-state index contributed by atoms with van der Waals surface area (Å²) in [5.74, 6) is -0.327. The molecule has 0 aliphatic heterocycles. The summed E-state index contributed by atoms with van der Waals surface area (Å²) >= 11 is 5.20. The zero-order chi connectivity index (χ0) is 20.9. The first-order valence-electron chi connectivity index (χ1n) is 9.29. The maximum atomic E-state index is 11.9. The van der Waals surface area contributed by atoms with Gasteiger partial charge in [-0.25, -0.2) is 4.79 Å². The van der Waals surface area contributed by atoms with Gasteiger partial charge in [-0.3, -0.25) is 9.69 Å². The van der Waals surface area contributed by atoms with Crippen molar-refractivity contribution < 1.29 is 14.3 Å². The maximum absolute atomic E-state index is 11.9. The number of aryl methyl sites for hydroxylation is 2. The van der Waals surface area contributed by atoms with Crippen molar-refractivity contribution in [3.8, 4) is 0 Å². The number of likely N-dealkylation sites (N-methyl/N-ethyl adjacent to an activating group) is 1. The van der Waals surface area contributed by atoms with E-state index in [1.807, 2.05) is 38.1 Å². The summed E-state index contributed by atoms with van der Waals surface area (Å²) < 4.78 is 4.55. The minimum absolute atomic E-state index is 0.0612. The number of para-hydroxylation sites is 1. The highest BCUT2D eigenvalue weighted by Gasteiger charge is 2.10. The second-order valence-corrected chi connectivity index (χ2v) is 6.40. The summed E-state index contributed by atoms with van der Waals surface area (Å²) in [6.45, 7) is 10.4. The molecule has 0 radical (unpaired) electrons. The van der Waals surface area contributed by atoms with Crippen molar-refractivity contribution in [2.75, 3.05) is 31.0 Å². The molecule has 2 rings (SSSR count). The molecule has 0 aromatic heterocycles. The molecule has 0 fully saturated rings. The fourth-order valence-electron chi connectivity index (χ4n) is 2.55. The SMILES string of the molecule is CCN(CC)CC(=O)Nc1c(C)cccc1C.O=C(OCCl)c1ccccc1. The highest BCUT2D eigenvalue weighted by Crippen LogP contribution is 2.19. The summed E-state index contributed by atoms with van der Waals surface area (Å²) in [6.07, 6.45) is 0. The molecule has 2 aromatic rings. The number of esters is 1. The maximum Gasteiger partial charge on any atom is 0.339 e. The molecule has 0 saturated heterocycles. The Kier molecular flexibility index (Phi) is 10.9. The van der Waals surface area contributed by atoms with Gasteiger partial charge in [0.05, 0.1) is 12.1 Å². The number of hydrogen-bond acceptors (Lipinski definition) is 4. The molecule has 6 heteroatoms. The largest absolute Gasteiger partial charge is 0.446 e. The lowest BCUT2D eigenvalue weighted by atomic mass is 10.1. The van der Waals surface area contributed by atoms with Gasteiger partial charge in [0.1, 0.15) is 0 Å². The molecule has 0 atom stereocenters. The number of carbonyl (C=O) groups excluding carboxylic acids is 2. The highest BCUT2D eigenvalue weighted by molar-refractivity contribution is 6.17. The minimum atomic E-state index is -0.388. The number of ether oxygens (including phenoxy) is 1. The van der Waals surface area contributed by atoms with Crippen LogP contribution in [0.3, 0.4) is 0 Å². The van der Waals surface area contributed by atoms with Crippen LogP contribution >= 0.6 is 11.6 Å². The number of rotatable bonds is 7. The molecule has 0 saturated carbocycles. The van der Waals surface area contributed by atoms with Gasteiger partial charge in [0.2, 0.25) is 5.91 Å². The molecular weight excluding hydrogens is 376 g/mol. The summed E-state index contributed by atoms with van der Waals surface area (Å²) in [6, 6.07) is 14.6. The number of amides is 1. The zero-order valence-electron chi connectivity index (χ0n) is 17.0. The monoisotopic (exact) mass is 404 g/mol. The standard InChI is InChI=1S/C14H22N2O.C8H7ClO2/c1-5-16(6-2)10-13(17)15-14-11(3)8-7-9-12(14)4;9-6-11-8(10)7-4-2-1-3-5-7/h7-9H,5-6,10H2,1-4H3,(H,15,17);1-5H,6H2. The Labute approximate surface area is 172 Å². The summed E-state index contributed by atoms with van der Waals surface area (Å²) in [7, 11) is 0. The second-order valence-electron chi connectivity index (χ2n) is 6.18. The molecular formula is C22H29ClN2O3. The van der Waals surface area contributed by atoms with E-state index in [0.717, 1.165) is 29.9 Å². The first kappa shape index (κ1) is 23.7. The van der Waals surface area contributed by atoms with E-state index >= 15 is 0 Å². The van der Waals surface area contributed by atoms with Crippen molar-refractivity contribution in [2.24, 2.45) is 0 Å². The molecule has 0 unspecified atom stereocenters. The topological polar surface area (TPSA) is 58.6 Å². The van der Waals surface area contributed by atoms with Crippen LogP contribution in [0.25, 0.3) is 0 Å². The molecule has 1 amide bonds. The first-order chi connectivity index (χ1) is 13.4. The number of benzene rings is 2. The molecule has 0 bridgehead atoms. The second kappa shape index (κ2) is 12.9. The average Bonchev–Trinajstić information content (AvgIpc) is 2.70. The van der Waals surface area contributed by atoms with Crippen LogP contribution in [0.5, 0.6) is 0 Å². The van der Waals surface area contributed by atoms with Gasteiger partial charge < -0.3 is 10.1 Å². The van der Waals surface area contributed by atoms with E-state index in [2.05, 4.69) is 28.8 Å². The Bertz CT molecular complexity index is 726.